The van der Waals surface area contributed by atoms with Gasteiger partial charge in [0.25, 0.3) is 0 Å². The van der Waals surface area contributed by atoms with Crippen LogP contribution in [0.4, 0.5) is 13.2 Å². The molecular weight excluding hydrogens is 471 g/mol. The minimum Gasteiger partial charge on any atom is -0.457 e. The first kappa shape index (κ1) is 24.8. The van der Waals surface area contributed by atoms with Crippen LogP contribution < -0.4 is 9.46 Å². The molecule has 7 heteroatoms. The molecule has 0 amide bonds. The highest BCUT2D eigenvalue weighted by atomic mass is 32.2. The molecule has 190 valence electrons. The van der Waals surface area contributed by atoms with Gasteiger partial charge in [0.2, 0.25) is 0 Å². The van der Waals surface area contributed by atoms with Gasteiger partial charge in [-0.3, -0.25) is 0 Å². The van der Waals surface area contributed by atoms with Crippen molar-refractivity contribution in [2.45, 2.75) is 81.7 Å². The van der Waals surface area contributed by atoms with Crippen molar-refractivity contribution < 1.29 is 22.1 Å². The fraction of sp³-hybridized carbons (Fsp3) is 0.571. The number of ether oxygens (including phenoxy) is 1. The minimum atomic E-state index is -4.57. The summed E-state index contributed by atoms with van der Waals surface area (Å²) in [6.45, 7) is 4.90. The lowest BCUT2D eigenvalue weighted by molar-refractivity contribution is -0.152. The van der Waals surface area contributed by atoms with Crippen LogP contribution in [0.25, 0.3) is 0 Å². The third-order valence-electron chi connectivity index (χ3n) is 8.06. The van der Waals surface area contributed by atoms with Crippen LogP contribution in [0.1, 0.15) is 76.5 Å². The van der Waals surface area contributed by atoms with E-state index in [9.17, 15) is 17.4 Å². The Bertz CT molecular complexity index is 1040. The van der Waals surface area contributed by atoms with Gasteiger partial charge in [0, 0.05) is 0 Å². The van der Waals surface area contributed by atoms with Crippen LogP contribution in [0.2, 0.25) is 0 Å². The van der Waals surface area contributed by atoms with Gasteiger partial charge in [-0.25, -0.2) is 8.93 Å². The van der Waals surface area contributed by atoms with Gasteiger partial charge < -0.3 is 4.74 Å². The summed E-state index contributed by atoms with van der Waals surface area (Å²) in [5, 5.41) is 0. The van der Waals surface area contributed by atoms with Crippen LogP contribution in [0.5, 0.6) is 11.5 Å². The Kier molecular flexibility index (Phi) is 6.32. The first-order valence-corrected chi connectivity index (χ1v) is 13.7. The summed E-state index contributed by atoms with van der Waals surface area (Å²) in [4.78, 5) is 0. The molecule has 2 aromatic carbocycles. The number of hydrogen-bond donors (Lipinski definition) is 1. The van der Waals surface area contributed by atoms with E-state index in [1.807, 2.05) is 12.1 Å². The van der Waals surface area contributed by atoms with Gasteiger partial charge in [-0.1, -0.05) is 24.3 Å². The molecular formula is C28H34F3NO2S. The van der Waals surface area contributed by atoms with E-state index in [0.29, 0.717) is 16.9 Å². The van der Waals surface area contributed by atoms with Crippen LogP contribution in [0.3, 0.4) is 0 Å². The van der Waals surface area contributed by atoms with Gasteiger partial charge in [0.15, 0.2) is 0 Å². The van der Waals surface area contributed by atoms with E-state index in [4.69, 9.17) is 4.74 Å². The SMILES string of the molecule is CC(C)(C)S(=O)NC(c1ccc(Oc2ccc(C34CC5CC(CC(C5)C3)C4)cc2)cc1)C(F)(F)F. The summed E-state index contributed by atoms with van der Waals surface area (Å²) < 4.78 is 60.7. The predicted molar refractivity (Wildman–Crippen MR) is 133 cm³/mol. The van der Waals surface area contributed by atoms with Gasteiger partial charge in [-0.2, -0.15) is 13.2 Å². The Hall–Kier alpha value is -1.86. The lowest BCUT2D eigenvalue weighted by Crippen LogP contribution is -2.48. The number of benzene rings is 2. The smallest absolute Gasteiger partial charge is 0.408 e. The number of halogens is 3. The molecule has 35 heavy (non-hydrogen) atoms. The van der Waals surface area contributed by atoms with E-state index in [1.165, 1.54) is 68.4 Å². The molecule has 0 aromatic heterocycles. The minimum absolute atomic E-state index is 0.000357. The average molecular weight is 506 g/mol. The summed E-state index contributed by atoms with van der Waals surface area (Å²) in [6, 6.07) is 12.1. The fourth-order valence-corrected chi connectivity index (χ4v) is 7.65. The monoisotopic (exact) mass is 505 g/mol. The molecule has 4 bridgehead atoms. The Morgan fingerprint density at radius 3 is 1.74 bits per heavy atom. The van der Waals surface area contributed by atoms with Gasteiger partial charge >= 0.3 is 6.18 Å². The third-order valence-corrected chi connectivity index (χ3v) is 9.62. The lowest BCUT2D eigenvalue weighted by atomic mass is 9.48. The highest BCUT2D eigenvalue weighted by Gasteiger charge is 2.51. The Labute approximate surface area is 208 Å². The van der Waals surface area contributed by atoms with Crippen molar-refractivity contribution in [3.8, 4) is 11.5 Å². The average Bonchev–Trinajstić information content (AvgIpc) is 2.76. The molecule has 4 aliphatic rings. The Morgan fingerprint density at radius 1 is 0.857 bits per heavy atom. The first-order chi connectivity index (χ1) is 16.4. The van der Waals surface area contributed by atoms with E-state index in [1.54, 1.807) is 20.8 Å². The number of rotatable bonds is 6. The molecule has 2 aromatic rings. The van der Waals surface area contributed by atoms with E-state index in [-0.39, 0.29) is 5.56 Å². The normalized spacial score (nSPS) is 29.7. The third kappa shape index (κ3) is 5.17. The maximum Gasteiger partial charge on any atom is 0.408 e. The quantitative estimate of drug-likeness (QED) is 0.439. The van der Waals surface area contributed by atoms with Crippen molar-refractivity contribution in [1.29, 1.82) is 0 Å². The molecule has 0 saturated heterocycles. The first-order valence-electron chi connectivity index (χ1n) is 12.5. The molecule has 0 radical (unpaired) electrons. The Balaban J connectivity index is 1.28. The van der Waals surface area contributed by atoms with Crippen LogP contribution in [-0.4, -0.2) is 15.1 Å². The van der Waals surface area contributed by atoms with Crippen LogP contribution >= 0.6 is 0 Å². The predicted octanol–water partition coefficient (Wildman–Crippen LogP) is 7.60. The van der Waals surface area contributed by atoms with Crippen LogP contribution in [0.15, 0.2) is 48.5 Å². The molecule has 3 nitrogen and oxygen atoms in total. The molecule has 0 heterocycles. The molecule has 2 atom stereocenters. The zero-order valence-electron chi connectivity index (χ0n) is 20.5. The summed E-state index contributed by atoms with van der Waals surface area (Å²) in [6.07, 6.45) is 3.56. The zero-order chi connectivity index (χ0) is 25.0. The van der Waals surface area contributed by atoms with E-state index in [2.05, 4.69) is 16.9 Å². The van der Waals surface area contributed by atoms with Gasteiger partial charge in [0.1, 0.15) is 17.5 Å². The van der Waals surface area contributed by atoms with Crippen molar-refractivity contribution in [2.24, 2.45) is 17.8 Å². The number of nitrogens with one attached hydrogen (secondary N) is 1. The standard InChI is InChI=1S/C28H34F3NO2S/c1-26(2,3)35(33)32-25(28(29,30)31)21-4-8-23(9-5-21)34-24-10-6-22(7-11-24)27-15-18-12-19(16-27)14-20(13-18)17-27/h4-11,18-20,25,32H,12-17H2,1-3H3. The maximum absolute atomic E-state index is 13.7. The summed E-state index contributed by atoms with van der Waals surface area (Å²) >= 11 is 0. The molecule has 4 fully saturated rings. The van der Waals surface area contributed by atoms with E-state index >= 15 is 0 Å². The van der Waals surface area contributed by atoms with Crippen molar-refractivity contribution in [2.75, 3.05) is 0 Å². The topological polar surface area (TPSA) is 38.3 Å². The van der Waals surface area contributed by atoms with Gasteiger partial charge in [0.05, 0.1) is 15.7 Å². The van der Waals surface area contributed by atoms with Crippen molar-refractivity contribution in [1.82, 2.24) is 4.72 Å². The highest BCUT2D eigenvalue weighted by molar-refractivity contribution is 7.84. The Morgan fingerprint density at radius 2 is 1.31 bits per heavy atom. The molecule has 4 saturated carbocycles. The van der Waals surface area contributed by atoms with Crippen LogP contribution in [-0.2, 0) is 16.4 Å². The summed E-state index contributed by atoms with van der Waals surface area (Å²) in [7, 11) is -1.86. The van der Waals surface area contributed by atoms with Crippen molar-refractivity contribution >= 4 is 11.0 Å². The molecule has 6 rings (SSSR count). The molecule has 0 spiro atoms. The number of hydrogen-bond acceptors (Lipinski definition) is 2. The molecule has 1 N–H and O–H groups in total. The lowest BCUT2D eigenvalue weighted by Gasteiger charge is -2.57. The van der Waals surface area contributed by atoms with Crippen molar-refractivity contribution in [3.63, 3.8) is 0 Å². The zero-order valence-corrected chi connectivity index (χ0v) is 21.3. The molecule has 2 unspecified atom stereocenters. The highest BCUT2D eigenvalue weighted by Crippen LogP contribution is 2.60. The van der Waals surface area contributed by atoms with Crippen molar-refractivity contribution in [3.05, 3.63) is 59.7 Å². The largest absolute Gasteiger partial charge is 0.457 e. The maximum atomic E-state index is 13.7. The van der Waals surface area contributed by atoms with E-state index in [0.717, 1.165) is 17.8 Å². The second-order valence-corrected chi connectivity index (χ2v) is 13.9. The summed E-state index contributed by atoms with van der Waals surface area (Å²) in [5.41, 5.74) is 1.73. The second-order valence-electron chi connectivity index (χ2n) is 11.9. The molecule has 4 aliphatic carbocycles. The van der Waals surface area contributed by atoms with E-state index < -0.39 is 28.0 Å². The molecule has 0 aliphatic heterocycles. The summed E-state index contributed by atoms with van der Waals surface area (Å²) in [5.74, 6) is 3.78. The number of alkyl halides is 3. The van der Waals surface area contributed by atoms with Gasteiger partial charge in [-0.15, -0.1) is 0 Å². The second kappa shape index (κ2) is 8.91. The van der Waals surface area contributed by atoms with Crippen LogP contribution in [0, 0.1) is 17.8 Å². The van der Waals surface area contributed by atoms with Gasteiger partial charge in [-0.05, 0) is 118 Å². The fourth-order valence-electron chi connectivity index (χ4n) is 6.81.